The molecule has 0 spiro atoms. The third-order valence-corrected chi connectivity index (χ3v) is 3.83. The van der Waals surface area contributed by atoms with E-state index in [9.17, 15) is 18.0 Å². The van der Waals surface area contributed by atoms with Crippen molar-refractivity contribution in [3.05, 3.63) is 49.9 Å². The van der Waals surface area contributed by atoms with Gasteiger partial charge in [0.2, 0.25) is 0 Å². The van der Waals surface area contributed by atoms with Gasteiger partial charge in [0.25, 0.3) is 5.56 Å². The Kier molecular flexibility index (Phi) is 3.25. The predicted octanol–water partition coefficient (Wildman–Crippen LogP) is 2.67. The average molecular weight is 335 g/mol. The van der Waals surface area contributed by atoms with Gasteiger partial charge in [0.05, 0.1) is 6.54 Å². The molecule has 0 bridgehead atoms. The summed E-state index contributed by atoms with van der Waals surface area (Å²) in [6.45, 7) is 0.247. The maximum Gasteiger partial charge on any atom is 0.435 e. The summed E-state index contributed by atoms with van der Waals surface area (Å²) < 4.78 is 40.7. The highest BCUT2D eigenvalue weighted by atomic mass is 35.5. The highest BCUT2D eigenvalue weighted by Crippen LogP contribution is 2.28. The van der Waals surface area contributed by atoms with E-state index in [0.29, 0.717) is 4.47 Å². The maximum atomic E-state index is 12.7. The van der Waals surface area contributed by atoms with Crippen LogP contribution in [0.2, 0.25) is 4.47 Å². The number of halogens is 4. The van der Waals surface area contributed by atoms with Crippen molar-refractivity contribution in [3.63, 3.8) is 0 Å². The van der Waals surface area contributed by atoms with Crippen LogP contribution in [0.15, 0.2) is 29.3 Å². The van der Waals surface area contributed by atoms with Crippen molar-refractivity contribution in [2.75, 3.05) is 0 Å². The topological polar surface area (TPSA) is 52.2 Å². The van der Waals surface area contributed by atoms with Gasteiger partial charge in [-0.3, -0.25) is 4.79 Å². The van der Waals surface area contributed by atoms with Crippen molar-refractivity contribution in [2.24, 2.45) is 0 Å². The van der Waals surface area contributed by atoms with Gasteiger partial charge in [-0.15, -0.1) is 11.3 Å². The first-order valence-electron chi connectivity index (χ1n) is 5.61. The van der Waals surface area contributed by atoms with E-state index >= 15 is 0 Å². The lowest BCUT2D eigenvalue weighted by molar-refractivity contribution is -0.141. The first-order chi connectivity index (χ1) is 9.84. The summed E-state index contributed by atoms with van der Waals surface area (Å²) in [6, 6.07) is 1.99. The van der Waals surface area contributed by atoms with Crippen LogP contribution in [0.25, 0.3) is 5.65 Å². The summed E-state index contributed by atoms with van der Waals surface area (Å²) in [6.07, 6.45) is -1.67. The molecule has 0 aliphatic heterocycles. The van der Waals surface area contributed by atoms with Crippen molar-refractivity contribution >= 4 is 28.6 Å². The first kappa shape index (κ1) is 14.1. The molecule has 0 unspecified atom stereocenters. The lowest BCUT2D eigenvalue weighted by Crippen LogP contribution is -2.17. The molecule has 3 aromatic rings. The van der Waals surface area contributed by atoms with Gasteiger partial charge in [0, 0.05) is 29.4 Å². The van der Waals surface area contributed by atoms with Gasteiger partial charge in [0.1, 0.15) is 5.65 Å². The molecule has 0 saturated carbocycles. The van der Waals surface area contributed by atoms with Crippen molar-refractivity contribution in [2.45, 2.75) is 12.7 Å². The molecule has 0 atom stereocenters. The lowest BCUT2D eigenvalue weighted by Gasteiger charge is -2.05. The van der Waals surface area contributed by atoms with Gasteiger partial charge in [-0.05, 0) is 0 Å². The van der Waals surface area contributed by atoms with Gasteiger partial charge in [-0.2, -0.15) is 22.8 Å². The summed E-state index contributed by atoms with van der Waals surface area (Å²) in [7, 11) is 0. The second kappa shape index (κ2) is 4.85. The maximum absolute atomic E-state index is 12.7. The van der Waals surface area contributed by atoms with Crippen LogP contribution in [0, 0.1) is 0 Å². The van der Waals surface area contributed by atoms with Crippen LogP contribution in [0.1, 0.15) is 10.6 Å². The van der Waals surface area contributed by atoms with Crippen LogP contribution < -0.4 is 5.56 Å². The van der Waals surface area contributed by atoms with E-state index in [4.69, 9.17) is 11.6 Å². The van der Waals surface area contributed by atoms with Crippen LogP contribution in [0.3, 0.4) is 0 Å². The summed E-state index contributed by atoms with van der Waals surface area (Å²) in [4.78, 5) is 16.2. The Balaban J connectivity index is 2.13. The smallest absolute Gasteiger partial charge is 0.327 e. The third-order valence-electron chi connectivity index (χ3n) is 2.73. The standard InChI is InChI=1S/C11H6ClF3N4OS/c12-10-16-4-6(21-10)5-18-2-1-9(20)19-8(18)3-7(17-19)11(13,14)15/h1-4H,5H2. The molecule has 3 rings (SSSR count). The van der Waals surface area contributed by atoms with Crippen LogP contribution in [-0.4, -0.2) is 19.2 Å². The molecule has 0 aliphatic rings. The molecule has 0 radical (unpaired) electrons. The molecular formula is C11H6ClF3N4OS. The zero-order chi connectivity index (χ0) is 15.2. The Morgan fingerprint density at radius 2 is 2.14 bits per heavy atom. The van der Waals surface area contributed by atoms with Crippen LogP contribution in [0.4, 0.5) is 13.2 Å². The lowest BCUT2D eigenvalue weighted by atomic mass is 10.4. The molecule has 3 heterocycles. The highest BCUT2D eigenvalue weighted by Gasteiger charge is 2.34. The van der Waals surface area contributed by atoms with E-state index in [-0.39, 0.29) is 12.2 Å². The van der Waals surface area contributed by atoms with E-state index in [0.717, 1.165) is 21.5 Å². The Hall–Kier alpha value is -1.87. The van der Waals surface area contributed by atoms with Crippen molar-refractivity contribution in [3.8, 4) is 0 Å². The molecular weight excluding hydrogens is 329 g/mol. The third kappa shape index (κ3) is 2.66. The van der Waals surface area contributed by atoms with Crippen molar-refractivity contribution in [1.29, 1.82) is 0 Å². The van der Waals surface area contributed by atoms with Crippen molar-refractivity contribution < 1.29 is 13.2 Å². The molecule has 0 fully saturated rings. The fourth-order valence-corrected chi connectivity index (χ4v) is 2.81. The molecule has 0 aromatic carbocycles. The summed E-state index contributed by atoms with van der Waals surface area (Å²) in [5.41, 5.74) is -1.68. The number of hydrogen-bond acceptors (Lipinski definition) is 4. The molecule has 0 saturated heterocycles. The Bertz CT molecular complexity index is 866. The van der Waals surface area contributed by atoms with Gasteiger partial charge in [0.15, 0.2) is 10.2 Å². The molecule has 3 aromatic heterocycles. The largest absolute Gasteiger partial charge is 0.435 e. The van der Waals surface area contributed by atoms with Gasteiger partial charge in [-0.1, -0.05) is 11.6 Å². The summed E-state index contributed by atoms with van der Waals surface area (Å²) in [5.74, 6) is 0. The minimum atomic E-state index is -4.61. The SMILES string of the molecule is O=c1ccn(Cc2cnc(Cl)s2)c2cc(C(F)(F)F)nn12. The first-order valence-corrected chi connectivity index (χ1v) is 6.81. The quantitative estimate of drug-likeness (QED) is 0.724. The number of fused-ring (bicyclic) bond motifs is 1. The van der Waals surface area contributed by atoms with E-state index in [2.05, 4.69) is 10.1 Å². The minimum Gasteiger partial charge on any atom is -0.327 e. The van der Waals surface area contributed by atoms with Gasteiger partial charge in [-0.25, -0.2) is 4.98 Å². The number of nitrogens with zero attached hydrogens (tertiary/aromatic N) is 4. The average Bonchev–Trinajstić information content (AvgIpc) is 2.99. The second-order valence-corrected chi connectivity index (χ2v) is 5.86. The molecule has 5 nitrogen and oxygen atoms in total. The Morgan fingerprint density at radius 3 is 2.76 bits per heavy atom. The molecule has 0 N–H and O–H groups in total. The number of thiazole rings is 1. The predicted molar refractivity (Wildman–Crippen MR) is 70.7 cm³/mol. The normalized spacial score (nSPS) is 12.2. The van der Waals surface area contributed by atoms with E-state index < -0.39 is 17.4 Å². The molecule has 10 heteroatoms. The highest BCUT2D eigenvalue weighted by molar-refractivity contribution is 7.15. The van der Waals surface area contributed by atoms with E-state index in [1.54, 1.807) is 0 Å². The number of aromatic nitrogens is 4. The molecule has 0 aliphatic carbocycles. The zero-order valence-electron chi connectivity index (χ0n) is 10.1. The monoisotopic (exact) mass is 334 g/mol. The summed E-state index contributed by atoms with van der Waals surface area (Å²) >= 11 is 6.93. The number of hydrogen-bond donors (Lipinski definition) is 0. The minimum absolute atomic E-state index is 0.0550. The van der Waals surface area contributed by atoms with Crippen LogP contribution in [0.5, 0.6) is 0 Å². The second-order valence-electron chi connectivity index (χ2n) is 4.16. The fourth-order valence-electron chi connectivity index (χ4n) is 1.84. The summed E-state index contributed by atoms with van der Waals surface area (Å²) in [5, 5.41) is 3.31. The van der Waals surface area contributed by atoms with Crippen LogP contribution >= 0.6 is 22.9 Å². The Labute approximate surface area is 124 Å². The van der Waals surface area contributed by atoms with Gasteiger partial charge < -0.3 is 4.57 Å². The van der Waals surface area contributed by atoms with E-state index in [1.165, 1.54) is 28.3 Å². The van der Waals surface area contributed by atoms with Gasteiger partial charge >= 0.3 is 6.18 Å². The van der Waals surface area contributed by atoms with Crippen LogP contribution in [-0.2, 0) is 12.7 Å². The molecule has 110 valence electrons. The molecule has 0 amide bonds. The molecule has 21 heavy (non-hydrogen) atoms. The zero-order valence-corrected chi connectivity index (χ0v) is 11.7. The fraction of sp³-hybridized carbons (Fsp3) is 0.182. The number of rotatable bonds is 2. The Morgan fingerprint density at radius 1 is 1.38 bits per heavy atom. The van der Waals surface area contributed by atoms with E-state index in [1.807, 2.05) is 0 Å². The number of alkyl halides is 3. The van der Waals surface area contributed by atoms with Crippen molar-refractivity contribution in [1.82, 2.24) is 19.2 Å².